The van der Waals surface area contributed by atoms with Gasteiger partial charge >= 0.3 is 5.97 Å². The number of aromatic nitrogens is 1. The van der Waals surface area contributed by atoms with Gasteiger partial charge in [-0.1, -0.05) is 6.92 Å². The van der Waals surface area contributed by atoms with Crippen molar-refractivity contribution in [3.63, 3.8) is 0 Å². The molecule has 1 aromatic rings. The lowest BCUT2D eigenvalue weighted by molar-refractivity contribution is 0.0685. The van der Waals surface area contributed by atoms with E-state index in [-0.39, 0.29) is 17.2 Å². The van der Waals surface area contributed by atoms with Gasteiger partial charge in [-0.05, 0) is 12.5 Å². The van der Waals surface area contributed by atoms with Crippen LogP contribution in [0.2, 0.25) is 0 Å². The molecule has 0 fully saturated rings. The molecule has 0 bridgehead atoms. The normalized spacial score (nSPS) is 13.3. The van der Waals surface area contributed by atoms with Crippen molar-refractivity contribution in [1.82, 2.24) is 9.29 Å². The molecule has 1 aromatic heterocycles. The Balaban J connectivity index is 3.08. The van der Waals surface area contributed by atoms with E-state index < -0.39 is 28.6 Å². The Bertz CT molecular complexity index is 581. The van der Waals surface area contributed by atoms with E-state index in [1.54, 1.807) is 0 Å². The van der Waals surface area contributed by atoms with Crippen molar-refractivity contribution in [2.24, 2.45) is 0 Å². The molecular weight excluding hydrogens is 300 g/mol. The van der Waals surface area contributed by atoms with Crippen molar-refractivity contribution in [1.29, 1.82) is 0 Å². The van der Waals surface area contributed by atoms with Gasteiger partial charge in [-0.25, -0.2) is 17.9 Å². The van der Waals surface area contributed by atoms with Crippen LogP contribution in [0.3, 0.4) is 0 Å². The third kappa shape index (κ3) is 4.53. The van der Waals surface area contributed by atoms with Crippen LogP contribution in [0.1, 0.15) is 23.8 Å². The average molecular weight is 320 g/mol. The van der Waals surface area contributed by atoms with Gasteiger partial charge in [-0.2, -0.15) is 0 Å². The molecule has 0 aliphatic carbocycles. The molecule has 1 atom stereocenters. The van der Waals surface area contributed by atoms with Gasteiger partial charge in [0.05, 0.1) is 19.3 Å². The Morgan fingerprint density at radius 2 is 2.19 bits per heavy atom. The minimum Gasteiger partial charge on any atom is -0.477 e. The number of carbonyl (C=O) groups is 1. The summed E-state index contributed by atoms with van der Waals surface area (Å²) in [6, 6.07) is 0.310. The summed E-state index contributed by atoms with van der Waals surface area (Å²) in [6.07, 6.45) is 1.95. The van der Waals surface area contributed by atoms with Crippen LogP contribution >= 0.6 is 0 Å². The largest absolute Gasteiger partial charge is 0.477 e. The molecule has 0 saturated carbocycles. The number of aromatic carboxylic acids is 1. The first kappa shape index (κ1) is 17.6. The molecule has 9 heteroatoms. The van der Waals surface area contributed by atoms with Gasteiger partial charge in [-0.3, -0.25) is 0 Å². The van der Waals surface area contributed by atoms with E-state index in [2.05, 4.69) is 4.72 Å². The van der Waals surface area contributed by atoms with Crippen LogP contribution in [0.15, 0.2) is 17.2 Å². The Morgan fingerprint density at radius 3 is 2.67 bits per heavy atom. The zero-order valence-electron chi connectivity index (χ0n) is 11.9. The first-order valence-electron chi connectivity index (χ1n) is 6.41. The van der Waals surface area contributed by atoms with Crippen LogP contribution in [0, 0.1) is 0 Å². The molecule has 120 valence electrons. The standard InChI is InChI=1S/C12H20N2O6S/c1-3-4-14-6-10(5-11(14)12(16)17)21(18,19)13-9(7-15)8-20-2/h5-6,9,13,15H,3-4,7-8H2,1-2H3,(H,16,17). The number of ether oxygens (including phenoxy) is 1. The van der Waals surface area contributed by atoms with E-state index in [0.29, 0.717) is 13.0 Å². The van der Waals surface area contributed by atoms with Crippen LogP contribution < -0.4 is 4.72 Å². The van der Waals surface area contributed by atoms with Crippen molar-refractivity contribution in [3.8, 4) is 0 Å². The van der Waals surface area contributed by atoms with Crippen LogP contribution in [0.4, 0.5) is 0 Å². The predicted molar refractivity (Wildman–Crippen MR) is 74.8 cm³/mol. The Kier molecular flexibility index (Phi) is 6.34. The van der Waals surface area contributed by atoms with Crippen molar-refractivity contribution >= 4 is 16.0 Å². The monoisotopic (exact) mass is 320 g/mol. The van der Waals surface area contributed by atoms with E-state index in [0.717, 1.165) is 6.07 Å². The highest BCUT2D eigenvalue weighted by molar-refractivity contribution is 7.89. The number of aryl methyl sites for hydroxylation is 1. The molecule has 1 heterocycles. The van der Waals surface area contributed by atoms with E-state index in [1.165, 1.54) is 17.9 Å². The highest BCUT2D eigenvalue weighted by Gasteiger charge is 2.24. The molecule has 1 unspecified atom stereocenters. The highest BCUT2D eigenvalue weighted by Crippen LogP contribution is 2.15. The summed E-state index contributed by atoms with van der Waals surface area (Å²) in [7, 11) is -2.54. The van der Waals surface area contributed by atoms with Gasteiger partial charge in [0, 0.05) is 19.9 Å². The minimum atomic E-state index is -3.92. The number of carboxylic acids is 1. The molecule has 21 heavy (non-hydrogen) atoms. The first-order chi connectivity index (χ1) is 9.85. The Hall–Kier alpha value is -1.42. The maximum absolute atomic E-state index is 12.2. The molecule has 8 nitrogen and oxygen atoms in total. The van der Waals surface area contributed by atoms with Crippen molar-refractivity contribution < 1.29 is 28.2 Å². The summed E-state index contributed by atoms with van der Waals surface area (Å²) < 4.78 is 32.8. The van der Waals surface area contributed by atoms with Gasteiger partial charge < -0.3 is 19.5 Å². The third-order valence-electron chi connectivity index (χ3n) is 2.78. The number of aliphatic hydroxyl groups excluding tert-OH is 1. The second kappa shape index (κ2) is 7.55. The smallest absolute Gasteiger partial charge is 0.352 e. The molecule has 0 aromatic carbocycles. The van der Waals surface area contributed by atoms with E-state index in [4.69, 9.17) is 14.9 Å². The fraction of sp³-hybridized carbons (Fsp3) is 0.583. The Labute approximate surface area is 123 Å². The van der Waals surface area contributed by atoms with Gasteiger partial charge in [0.2, 0.25) is 10.0 Å². The predicted octanol–water partition coefficient (Wildman–Crippen LogP) is -0.118. The quantitative estimate of drug-likeness (QED) is 0.584. The third-order valence-corrected chi connectivity index (χ3v) is 4.26. The van der Waals surface area contributed by atoms with Crippen LogP contribution in [-0.4, -0.2) is 55.5 Å². The summed E-state index contributed by atoms with van der Waals surface area (Å²) in [5.41, 5.74) is -0.0930. The van der Waals surface area contributed by atoms with Gasteiger partial charge in [-0.15, -0.1) is 0 Å². The van der Waals surface area contributed by atoms with Gasteiger partial charge in [0.1, 0.15) is 10.6 Å². The van der Waals surface area contributed by atoms with E-state index >= 15 is 0 Å². The van der Waals surface area contributed by atoms with Crippen molar-refractivity contribution in [3.05, 3.63) is 18.0 Å². The maximum Gasteiger partial charge on any atom is 0.352 e. The summed E-state index contributed by atoms with van der Waals surface area (Å²) in [4.78, 5) is 11.0. The lowest BCUT2D eigenvalue weighted by Crippen LogP contribution is -2.40. The highest BCUT2D eigenvalue weighted by atomic mass is 32.2. The number of sulfonamides is 1. The molecule has 3 N–H and O–H groups in total. The number of aliphatic hydroxyl groups is 1. The molecule has 0 saturated heterocycles. The molecule has 0 spiro atoms. The topological polar surface area (TPSA) is 118 Å². The maximum atomic E-state index is 12.2. The number of rotatable bonds is 9. The fourth-order valence-electron chi connectivity index (χ4n) is 1.85. The summed E-state index contributed by atoms with van der Waals surface area (Å²) in [5, 5.41) is 18.2. The second-order valence-electron chi connectivity index (χ2n) is 4.52. The van der Waals surface area contributed by atoms with Gasteiger partial charge in [0.25, 0.3) is 0 Å². The summed E-state index contributed by atoms with van der Waals surface area (Å²) in [5.74, 6) is -1.19. The summed E-state index contributed by atoms with van der Waals surface area (Å²) >= 11 is 0. The Morgan fingerprint density at radius 1 is 1.52 bits per heavy atom. The number of nitrogens with one attached hydrogen (secondary N) is 1. The zero-order valence-corrected chi connectivity index (χ0v) is 12.8. The second-order valence-corrected chi connectivity index (χ2v) is 6.23. The molecule has 0 amide bonds. The van der Waals surface area contributed by atoms with Crippen molar-refractivity contribution in [2.45, 2.75) is 30.8 Å². The number of hydrogen-bond acceptors (Lipinski definition) is 5. The van der Waals surface area contributed by atoms with Crippen LogP contribution in [-0.2, 0) is 21.3 Å². The van der Waals surface area contributed by atoms with E-state index in [9.17, 15) is 13.2 Å². The zero-order chi connectivity index (χ0) is 16.0. The van der Waals surface area contributed by atoms with E-state index in [1.807, 2.05) is 6.92 Å². The van der Waals surface area contributed by atoms with Gasteiger partial charge in [0.15, 0.2) is 0 Å². The first-order valence-corrected chi connectivity index (χ1v) is 7.89. The summed E-state index contributed by atoms with van der Waals surface area (Å²) in [6.45, 7) is 1.85. The molecule has 0 radical (unpaired) electrons. The fourth-order valence-corrected chi connectivity index (χ4v) is 3.10. The van der Waals surface area contributed by atoms with Crippen molar-refractivity contribution in [2.75, 3.05) is 20.3 Å². The molecule has 0 aliphatic rings. The lowest BCUT2D eigenvalue weighted by atomic mass is 10.4. The average Bonchev–Trinajstić information content (AvgIpc) is 2.83. The number of methoxy groups -OCH3 is 1. The van der Waals surface area contributed by atoms with Crippen LogP contribution in [0.25, 0.3) is 0 Å². The molecular formula is C12H20N2O6S. The molecule has 0 aliphatic heterocycles. The minimum absolute atomic E-state index is 0.0111. The number of nitrogens with zero attached hydrogens (tertiary/aromatic N) is 1. The number of hydrogen-bond donors (Lipinski definition) is 3. The number of carboxylic acid groups (broad SMARTS) is 1. The van der Waals surface area contributed by atoms with Crippen LogP contribution in [0.5, 0.6) is 0 Å². The lowest BCUT2D eigenvalue weighted by Gasteiger charge is -2.14. The molecule has 1 rings (SSSR count). The SMILES string of the molecule is CCCn1cc(S(=O)(=O)NC(CO)COC)cc1C(=O)O.